The largest absolute Gasteiger partial charge is 0.495 e. The molecule has 0 bridgehead atoms. The third kappa shape index (κ3) is 5.95. The molecule has 0 aliphatic carbocycles. The summed E-state index contributed by atoms with van der Waals surface area (Å²) < 4.78 is 33.5. The van der Waals surface area contributed by atoms with Gasteiger partial charge in [-0.25, -0.2) is 8.42 Å². The number of carbonyl (C=O) groups excluding carboxylic acids is 1. The molecule has 0 spiro atoms. The van der Waals surface area contributed by atoms with Crippen LogP contribution in [0.4, 0.5) is 0 Å². The highest BCUT2D eigenvalue weighted by atomic mass is 35.5. The monoisotopic (exact) mass is 410 g/mol. The summed E-state index contributed by atoms with van der Waals surface area (Å²) in [4.78, 5) is 12.5. The second-order valence-electron chi connectivity index (χ2n) is 6.32. The molecule has 2 rings (SSSR count). The van der Waals surface area contributed by atoms with Crippen molar-refractivity contribution in [2.75, 3.05) is 7.11 Å². The van der Waals surface area contributed by atoms with E-state index in [0.29, 0.717) is 0 Å². The van der Waals surface area contributed by atoms with Crippen LogP contribution < -0.4 is 14.8 Å². The topological polar surface area (TPSA) is 84.5 Å². The SMILES string of the molecule is COc1ccc(Cl)cc1S(=O)(=O)NC(Cc1ccccc1)C(=O)NC(C)C. The van der Waals surface area contributed by atoms with Crippen LogP contribution in [0.2, 0.25) is 5.02 Å². The van der Waals surface area contributed by atoms with Crippen LogP contribution in [0.15, 0.2) is 53.4 Å². The molecule has 146 valence electrons. The summed E-state index contributed by atoms with van der Waals surface area (Å²) in [5.41, 5.74) is 0.835. The van der Waals surface area contributed by atoms with Gasteiger partial charge >= 0.3 is 0 Å². The summed E-state index contributed by atoms with van der Waals surface area (Å²) in [6, 6.07) is 12.4. The maximum atomic E-state index is 12.9. The first kappa shape index (κ1) is 21.2. The molecule has 0 aromatic heterocycles. The van der Waals surface area contributed by atoms with Gasteiger partial charge < -0.3 is 10.1 Å². The Kier molecular flexibility index (Phi) is 7.24. The lowest BCUT2D eigenvalue weighted by Crippen LogP contribution is -2.49. The molecule has 0 aliphatic heterocycles. The van der Waals surface area contributed by atoms with Gasteiger partial charge in [-0.05, 0) is 44.0 Å². The van der Waals surface area contributed by atoms with Crippen molar-refractivity contribution in [3.8, 4) is 5.75 Å². The number of methoxy groups -OCH3 is 1. The van der Waals surface area contributed by atoms with Gasteiger partial charge in [-0.1, -0.05) is 41.9 Å². The first-order valence-corrected chi connectivity index (χ1v) is 10.3. The molecule has 6 nitrogen and oxygen atoms in total. The summed E-state index contributed by atoms with van der Waals surface area (Å²) in [5.74, 6) is -0.256. The molecular weight excluding hydrogens is 388 g/mol. The lowest BCUT2D eigenvalue weighted by Gasteiger charge is -2.21. The fraction of sp³-hybridized carbons (Fsp3) is 0.316. The Hall–Kier alpha value is -2.09. The van der Waals surface area contributed by atoms with Gasteiger partial charge in [0.2, 0.25) is 15.9 Å². The summed E-state index contributed by atoms with van der Waals surface area (Å²) in [7, 11) is -2.68. The first-order chi connectivity index (χ1) is 12.7. The van der Waals surface area contributed by atoms with E-state index >= 15 is 0 Å². The third-order valence-corrected chi connectivity index (χ3v) is 5.47. The normalized spacial score (nSPS) is 12.6. The van der Waals surface area contributed by atoms with E-state index in [2.05, 4.69) is 10.0 Å². The lowest BCUT2D eigenvalue weighted by molar-refractivity contribution is -0.123. The van der Waals surface area contributed by atoms with E-state index < -0.39 is 22.0 Å². The zero-order valence-corrected chi connectivity index (χ0v) is 17.0. The molecule has 1 atom stereocenters. The van der Waals surface area contributed by atoms with E-state index in [1.807, 2.05) is 44.2 Å². The highest BCUT2D eigenvalue weighted by Crippen LogP contribution is 2.27. The Morgan fingerprint density at radius 3 is 2.41 bits per heavy atom. The number of nitrogens with one attached hydrogen (secondary N) is 2. The molecule has 1 unspecified atom stereocenters. The molecule has 0 fully saturated rings. The minimum absolute atomic E-state index is 0.118. The fourth-order valence-corrected chi connectivity index (χ4v) is 4.16. The summed E-state index contributed by atoms with van der Waals surface area (Å²) in [6.07, 6.45) is 0.210. The van der Waals surface area contributed by atoms with Crippen molar-refractivity contribution in [1.82, 2.24) is 10.0 Å². The maximum Gasteiger partial charge on any atom is 0.245 e. The van der Waals surface area contributed by atoms with Crippen LogP contribution in [0.25, 0.3) is 0 Å². The maximum absolute atomic E-state index is 12.9. The van der Waals surface area contributed by atoms with Crippen molar-refractivity contribution in [1.29, 1.82) is 0 Å². The number of benzene rings is 2. The number of hydrogen-bond donors (Lipinski definition) is 2. The van der Waals surface area contributed by atoms with Gasteiger partial charge in [0, 0.05) is 11.1 Å². The highest BCUT2D eigenvalue weighted by Gasteiger charge is 2.28. The van der Waals surface area contributed by atoms with Gasteiger partial charge in [0.15, 0.2) is 0 Å². The standard InChI is InChI=1S/C19H23ClN2O4S/c1-13(2)21-19(23)16(11-14-7-5-4-6-8-14)22-27(24,25)18-12-15(20)9-10-17(18)26-3/h4-10,12-13,16,22H,11H2,1-3H3,(H,21,23). The third-order valence-electron chi connectivity index (χ3n) is 3.74. The average Bonchev–Trinajstić information content (AvgIpc) is 2.61. The van der Waals surface area contributed by atoms with Crippen molar-refractivity contribution in [3.63, 3.8) is 0 Å². The fourth-order valence-electron chi connectivity index (χ4n) is 2.53. The zero-order valence-electron chi connectivity index (χ0n) is 15.4. The first-order valence-electron chi connectivity index (χ1n) is 8.43. The second kappa shape index (κ2) is 9.21. The average molecular weight is 411 g/mol. The minimum atomic E-state index is -4.05. The van der Waals surface area contributed by atoms with Crippen LogP contribution in [-0.4, -0.2) is 33.5 Å². The van der Waals surface area contributed by atoms with Crippen molar-refractivity contribution < 1.29 is 17.9 Å². The molecule has 0 saturated heterocycles. The van der Waals surface area contributed by atoms with Crippen molar-refractivity contribution in [2.24, 2.45) is 0 Å². The number of hydrogen-bond acceptors (Lipinski definition) is 4. The van der Waals surface area contributed by atoms with Crippen LogP contribution >= 0.6 is 11.6 Å². The van der Waals surface area contributed by atoms with Gasteiger partial charge in [0.1, 0.15) is 16.7 Å². The Bertz CT molecular complexity index is 886. The lowest BCUT2D eigenvalue weighted by atomic mass is 10.1. The van der Waals surface area contributed by atoms with Crippen LogP contribution in [0.3, 0.4) is 0 Å². The minimum Gasteiger partial charge on any atom is -0.495 e. The number of rotatable bonds is 8. The van der Waals surface area contributed by atoms with Crippen LogP contribution in [0.1, 0.15) is 19.4 Å². The van der Waals surface area contributed by atoms with E-state index in [4.69, 9.17) is 16.3 Å². The Balaban J connectivity index is 2.35. The second-order valence-corrected chi connectivity index (χ2v) is 8.44. The van der Waals surface area contributed by atoms with E-state index in [1.165, 1.54) is 25.3 Å². The molecule has 0 heterocycles. The molecule has 8 heteroatoms. The van der Waals surface area contributed by atoms with E-state index in [1.54, 1.807) is 0 Å². The molecule has 1 amide bonds. The molecular formula is C19H23ClN2O4S. The Morgan fingerprint density at radius 1 is 1.15 bits per heavy atom. The number of sulfonamides is 1. The zero-order chi connectivity index (χ0) is 20.0. The predicted molar refractivity (Wildman–Crippen MR) is 106 cm³/mol. The van der Waals surface area contributed by atoms with Crippen molar-refractivity contribution in [3.05, 3.63) is 59.1 Å². The van der Waals surface area contributed by atoms with Gasteiger partial charge in [0.05, 0.1) is 7.11 Å². The number of amides is 1. The number of carbonyl (C=O) groups is 1. The van der Waals surface area contributed by atoms with Crippen molar-refractivity contribution in [2.45, 2.75) is 37.2 Å². The summed E-state index contributed by atoms with van der Waals surface area (Å²) in [6.45, 7) is 3.62. The Morgan fingerprint density at radius 2 is 1.81 bits per heavy atom. The van der Waals surface area contributed by atoms with E-state index in [9.17, 15) is 13.2 Å². The quantitative estimate of drug-likeness (QED) is 0.700. The van der Waals surface area contributed by atoms with Crippen molar-refractivity contribution >= 4 is 27.5 Å². The van der Waals surface area contributed by atoms with E-state index in [-0.39, 0.29) is 28.1 Å². The Labute approximate surface area is 164 Å². The molecule has 2 aromatic carbocycles. The molecule has 2 N–H and O–H groups in total. The predicted octanol–water partition coefficient (Wildman–Crippen LogP) is 2.76. The van der Waals surface area contributed by atoms with Crippen LogP contribution in [0, 0.1) is 0 Å². The molecule has 0 saturated carbocycles. The highest BCUT2D eigenvalue weighted by molar-refractivity contribution is 7.89. The molecule has 0 aliphatic rings. The van der Waals surface area contributed by atoms with Gasteiger partial charge in [-0.15, -0.1) is 0 Å². The van der Waals surface area contributed by atoms with Gasteiger partial charge in [-0.2, -0.15) is 4.72 Å². The molecule has 27 heavy (non-hydrogen) atoms. The van der Waals surface area contributed by atoms with Crippen LogP contribution in [0.5, 0.6) is 5.75 Å². The number of ether oxygens (including phenoxy) is 1. The summed E-state index contributed by atoms with van der Waals surface area (Å²) in [5, 5.41) is 3.01. The van der Waals surface area contributed by atoms with Gasteiger partial charge in [-0.3, -0.25) is 4.79 Å². The van der Waals surface area contributed by atoms with E-state index in [0.717, 1.165) is 5.56 Å². The smallest absolute Gasteiger partial charge is 0.245 e. The molecule has 2 aromatic rings. The van der Waals surface area contributed by atoms with Gasteiger partial charge in [0.25, 0.3) is 0 Å². The molecule has 0 radical (unpaired) electrons. The van der Waals surface area contributed by atoms with Crippen LogP contribution in [-0.2, 0) is 21.2 Å². The summed E-state index contributed by atoms with van der Waals surface area (Å²) >= 11 is 5.95. The number of halogens is 1.